The summed E-state index contributed by atoms with van der Waals surface area (Å²) in [4.78, 5) is 51.7. The first-order valence-corrected chi connectivity index (χ1v) is 9.21. The predicted molar refractivity (Wildman–Crippen MR) is 107 cm³/mol. The molecule has 150 valence electrons. The van der Waals surface area contributed by atoms with Crippen molar-refractivity contribution in [1.29, 1.82) is 0 Å². The van der Waals surface area contributed by atoms with Crippen LogP contribution in [-0.2, 0) is 6.54 Å². The molecular weight excluding hydrogens is 360 g/mol. The zero-order chi connectivity index (χ0) is 20.4. The average Bonchev–Trinajstić information content (AvgIpc) is 3.10. The molecule has 1 unspecified atom stereocenters. The molecule has 2 N–H and O–H groups in total. The van der Waals surface area contributed by atoms with Crippen molar-refractivity contribution in [3.63, 3.8) is 0 Å². The van der Waals surface area contributed by atoms with E-state index in [1.54, 1.807) is 22.8 Å². The lowest BCUT2D eigenvalue weighted by Crippen LogP contribution is -2.37. The van der Waals surface area contributed by atoms with Gasteiger partial charge in [0.15, 0.2) is 0 Å². The van der Waals surface area contributed by atoms with Crippen LogP contribution in [0.15, 0.2) is 27.8 Å². The third-order valence-electron chi connectivity index (χ3n) is 4.92. The van der Waals surface area contributed by atoms with Gasteiger partial charge in [0.05, 0.1) is 5.69 Å². The number of pyridine rings is 1. The second-order valence-corrected chi connectivity index (χ2v) is 7.48. The van der Waals surface area contributed by atoms with E-state index in [-0.39, 0.29) is 23.1 Å². The van der Waals surface area contributed by atoms with Crippen LogP contribution in [0.1, 0.15) is 28.2 Å². The molecule has 28 heavy (non-hydrogen) atoms. The van der Waals surface area contributed by atoms with Crippen molar-refractivity contribution >= 4 is 11.9 Å². The van der Waals surface area contributed by atoms with E-state index in [1.165, 1.54) is 12.1 Å². The minimum absolute atomic E-state index is 0.130. The highest BCUT2D eigenvalue weighted by atomic mass is 16.2. The first-order chi connectivity index (χ1) is 13.2. The first-order valence-electron chi connectivity index (χ1n) is 9.21. The summed E-state index contributed by atoms with van der Waals surface area (Å²) >= 11 is 0. The minimum atomic E-state index is -0.270. The van der Waals surface area contributed by atoms with Crippen molar-refractivity contribution in [3.8, 4) is 0 Å². The van der Waals surface area contributed by atoms with Gasteiger partial charge in [-0.05, 0) is 26.5 Å². The second-order valence-electron chi connectivity index (χ2n) is 7.48. The number of aromatic amines is 2. The molecule has 2 aromatic rings. The fourth-order valence-corrected chi connectivity index (χ4v) is 3.45. The van der Waals surface area contributed by atoms with E-state index in [0.29, 0.717) is 42.5 Å². The summed E-state index contributed by atoms with van der Waals surface area (Å²) in [6, 6.07) is 4.70. The number of likely N-dealkylation sites (N-methyl/N-ethyl adjacent to an activating group) is 1. The molecule has 0 bridgehead atoms. The van der Waals surface area contributed by atoms with Crippen molar-refractivity contribution in [2.45, 2.75) is 25.9 Å². The molecule has 1 aliphatic heterocycles. The quantitative estimate of drug-likeness (QED) is 0.759. The summed E-state index contributed by atoms with van der Waals surface area (Å²) in [6.45, 7) is 3.48. The topological polar surface area (TPSA) is 105 Å². The fourth-order valence-electron chi connectivity index (χ4n) is 3.45. The largest absolute Gasteiger partial charge is 0.348 e. The number of likely N-dealkylation sites (tertiary alicyclic amines) is 1. The van der Waals surface area contributed by atoms with Gasteiger partial charge in [-0.25, -0.2) is 4.98 Å². The molecule has 1 fully saturated rings. The molecule has 2 aromatic heterocycles. The number of anilines is 1. The van der Waals surface area contributed by atoms with Gasteiger partial charge in [-0.1, -0.05) is 0 Å². The molecule has 0 aliphatic carbocycles. The van der Waals surface area contributed by atoms with Gasteiger partial charge < -0.3 is 14.8 Å². The molecule has 0 radical (unpaired) electrons. The van der Waals surface area contributed by atoms with Gasteiger partial charge >= 0.3 is 0 Å². The Balaban J connectivity index is 1.67. The molecule has 9 heteroatoms. The summed E-state index contributed by atoms with van der Waals surface area (Å²) in [5.74, 6) is 0.387. The van der Waals surface area contributed by atoms with Crippen LogP contribution in [0.3, 0.4) is 0 Å². The van der Waals surface area contributed by atoms with Crippen LogP contribution in [0.4, 0.5) is 5.95 Å². The first kappa shape index (κ1) is 19.8. The third-order valence-corrected chi connectivity index (χ3v) is 4.92. The normalized spacial score (nSPS) is 16.6. The van der Waals surface area contributed by atoms with Crippen LogP contribution in [-0.4, -0.2) is 70.9 Å². The maximum Gasteiger partial charge on any atom is 0.254 e. The summed E-state index contributed by atoms with van der Waals surface area (Å²) < 4.78 is 0. The zero-order valence-electron chi connectivity index (χ0n) is 16.7. The monoisotopic (exact) mass is 386 g/mol. The highest BCUT2D eigenvalue weighted by molar-refractivity contribution is 5.94. The van der Waals surface area contributed by atoms with Crippen molar-refractivity contribution < 1.29 is 4.79 Å². The SMILES string of the molecule is Cc1cc(C(=O)N2CCC(N(C)Cc3cc(=O)[nH]c(N(C)C)n3)C2)cc(=O)[nH]1. The summed E-state index contributed by atoms with van der Waals surface area (Å²) in [5, 5.41) is 0. The number of nitrogens with one attached hydrogen (secondary N) is 2. The van der Waals surface area contributed by atoms with Gasteiger partial charge in [0.1, 0.15) is 0 Å². The van der Waals surface area contributed by atoms with Crippen LogP contribution < -0.4 is 16.0 Å². The molecule has 3 heterocycles. The van der Waals surface area contributed by atoms with Crippen molar-refractivity contribution in [1.82, 2.24) is 24.8 Å². The zero-order valence-corrected chi connectivity index (χ0v) is 16.7. The van der Waals surface area contributed by atoms with Gasteiger partial charge in [0, 0.05) is 63.2 Å². The molecule has 9 nitrogen and oxygen atoms in total. The lowest BCUT2D eigenvalue weighted by atomic mass is 10.2. The molecule has 0 spiro atoms. The average molecular weight is 386 g/mol. The van der Waals surface area contributed by atoms with Gasteiger partial charge in [-0.3, -0.25) is 24.3 Å². The van der Waals surface area contributed by atoms with Gasteiger partial charge in [-0.2, -0.15) is 0 Å². The van der Waals surface area contributed by atoms with Crippen LogP contribution in [0, 0.1) is 6.92 Å². The van der Waals surface area contributed by atoms with E-state index in [0.717, 1.165) is 6.42 Å². The number of nitrogens with zero attached hydrogens (tertiary/aromatic N) is 4. The van der Waals surface area contributed by atoms with E-state index < -0.39 is 0 Å². The Bertz CT molecular complexity index is 980. The number of H-pyrrole nitrogens is 2. The molecule has 1 saturated heterocycles. The smallest absolute Gasteiger partial charge is 0.254 e. The van der Waals surface area contributed by atoms with E-state index in [4.69, 9.17) is 0 Å². The summed E-state index contributed by atoms with van der Waals surface area (Å²) in [5.41, 5.74) is 1.31. The summed E-state index contributed by atoms with van der Waals surface area (Å²) in [7, 11) is 5.61. The number of amides is 1. The number of aryl methyl sites for hydroxylation is 1. The molecule has 3 rings (SSSR count). The third kappa shape index (κ3) is 4.48. The van der Waals surface area contributed by atoms with Crippen LogP contribution >= 0.6 is 0 Å². The van der Waals surface area contributed by atoms with Crippen molar-refractivity contribution in [2.75, 3.05) is 39.1 Å². The maximum absolute atomic E-state index is 12.7. The number of aromatic nitrogens is 3. The van der Waals surface area contributed by atoms with E-state index in [2.05, 4.69) is 19.9 Å². The maximum atomic E-state index is 12.7. The lowest BCUT2D eigenvalue weighted by molar-refractivity contribution is 0.0779. The van der Waals surface area contributed by atoms with Gasteiger partial charge in [-0.15, -0.1) is 0 Å². The summed E-state index contributed by atoms with van der Waals surface area (Å²) in [6.07, 6.45) is 0.828. The molecule has 1 atom stereocenters. The van der Waals surface area contributed by atoms with Crippen molar-refractivity contribution in [2.24, 2.45) is 0 Å². The molecule has 1 aliphatic rings. The highest BCUT2D eigenvalue weighted by Gasteiger charge is 2.30. The molecule has 1 amide bonds. The van der Waals surface area contributed by atoms with E-state index >= 15 is 0 Å². The van der Waals surface area contributed by atoms with Crippen LogP contribution in [0.25, 0.3) is 0 Å². The Morgan fingerprint density at radius 1 is 1.18 bits per heavy atom. The van der Waals surface area contributed by atoms with Gasteiger partial charge in [0.25, 0.3) is 11.5 Å². The lowest BCUT2D eigenvalue weighted by Gasteiger charge is -2.24. The Labute approximate surface area is 163 Å². The van der Waals surface area contributed by atoms with E-state index in [1.807, 2.05) is 21.1 Å². The highest BCUT2D eigenvalue weighted by Crippen LogP contribution is 2.18. The van der Waals surface area contributed by atoms with Crippen LogP contribution in [0.5, 0.6) is 0 Å². The number of carbonyl (C=O) groups is 1. The Kier molecular flexibility index (Phi) is 5.64. The number of hydrogen-bond donors (Lipinski definition) is 2. The van der Waals surface area contributed by atoms with Crippen molar-refractivity contribution in [3.05, 3.63) is 55.9 Å². The number of carbonyl (C=O) groups excluding carboxylic acids is 1. The van der Waals surface area contributed by atoms with Crippen LogP contribution in [0.2, 0.25) is 0 Å². The number of rotatable bonds is 5. The van der Waals surface area contributed by atoms with E-state index in [9.17, 15) is 14.4 Å². The Morgan fingerprint density at radius 3 is 2.57 bits per heavy atom. The second kappa shape index (κ2) is 7.97. The Hall–Kier alpha value is -2.94. The number of hydrogen-bond acceptors (Lipinski definition) is 6. The molecular formula is C19H26N6O3. The minimum Gasteiger partial charge on any atom is -0.348 e. The van der Waals surface area contributed by atoms with Gasteiger partial charge in [0.2, 0.25) is 11.5 Å². The standard InChI is InChI=1S/C19H26N6O3/c1-12-7-13(8-16(26)20-12)18(28)25-6-5-15(11-25)24(4)10-14-9-17(27)22-19(21-14)23(2)3/h7-9,15H,5-6,10-11H2,1-4H3,(H,20,26)(H,21,22,27). The molecule has 0 aromatic carbocycles. The Morgan fingerprint density at radius 2 is 1.89 bits per heavy atom. The fraction of sp³-hybridized carbons (Fsp3) is 0.474. The molecule has 0 saturated carbocycles. The predicted octanol–water partition coefficient (Wildman–Crippen LogP) is 0.179.